The van der Waals surface area contributed by atoms with Crippen LogP contribution in [0, 0.1) is 0 Å². The zero-order chi connectivity index (χ0) is 10.7. The first-order chi connectivity index (χ1) is 5.46. The molecule has 0 spiro atoms. The van der Waals surface area contributed by atoms with Crippen molar-refractivity contribution in [3.05, 3.63) is 0 Å². The Labute approximate surface area is 67.1 Å². The minimum atomic E-state index is -5.87. The van der Waals surface area contributed by atoms with Crippen LogP contribution in [0.15, 0.2) is 0 Å². The molecule has 1 unspecified atom stereocenters. The molecule has 1 aliphatic carbocycles. The summed E-state index contributed by atoms with van der Waals surface area (Å²) in [5.41, 5.74) is 0. The first kappa shape index (κ1) is 10.6. The third-order valence-electron chi connectivity index (χ3n) is 1.79. The molecule has 1 aliphatic rings. The Hall–Kier alpha value is -0.530. The summed E-state index contributed by atoms with van der Waals surface area (Å²) in [6.45, 7) is 0. The predicted octanol–water partition coefficient (Wildman–Crippen LogP) is 1.95. The Morgan fingerprint density at radius 3 is 1.23 bits per heavy atom. The highest BCUT2D eigenvalue weighted by Gasteiger charge is 2.87. The summed E-state index contributed by atoms with van der Waals surface area (Å²) in [5, 5.41) is 8.02. The standard InChI is InChI=1S/C5H3F7O/c6-2(7)1-3(8,13)5(11,12)4(2,9)10/h13H,1H2. The van der Waals surface area contributed by atoms with Crippen molar-refractivity contribution in [1.29, 1.82) is 0 Å². The van der Waals surface area contributed by atoms with Crippen molar-refractivity contribution < 1.29 is 35.8 Å². The van der Waals surface area contributed by atoms with Crippen molar-refractivity contribution in [2.45, 2.75) is 30.0 Å². The molecule has 1 saturated carbocycles. The zero-order valence-electron chi connectivity index (χ0n) is 5.80. The van der Waals surface area contributed by atoms with E-state index in [4.69, 9.17) is 5.11 Å². The second kappa shape index (κ2) is 2.10. The molecule has 1 nitrogen and oxygen atoms in total. The van der Waals surface area contributed by atoms with Gasteiger partial charge in [0.25, 0.3) is 5.85 Å². The van der Waals surface area contributed by atoms with Crippen LogP contribution in [0.25, 0.3) is 0 Å². The molecule has 0 aromatic carbocycles. The number of hydrogen-bond donors (Lipinski definition) is 1. The molecular weight excluding hydrogens is 209 g/mol. The lowest BCUT2D eigenvalue weighted by Crippen LogP contribution is -2.52. The van der Waals surface area contributed by atoms with E-state index in [1.54, 1.807) is 0 Å². The van der Waals surface area contributed by atoms with E-state index in [-0.39, 0.29) is 0 Å². The van der Waals surface area contributed by atoms with Gasteiger partial charge >= 0.3 is 17.8 Å². The SMILES string of the molecule is OC1(F)CC(F)(F)C(F)(F)C1(F)F. The fourth-order valence-corrected chi connectivity index (χ4v) is 0.986. The summed E-state index contributed by atoms with van der Waals surface area (Å²) in [6.07, 6.45) is -2.61. The Morgan fingerprint density at radius 2 is 1.15 bits per heavy atom. The van der Waals surface area contributed by atoms with E-state index in [9.17, 15) is 30.7 Å². The average Bonchev–Trinajstić information content (AvgIpc) is 1.88. The van der Waals surface area contributed by atoms with Gasteiger partial charge in [-0.15, -0.1) is 0 Å². The lowest BCUT2D eigenvalue weighted by molar-refractivity contribution is -0.317. The fourth-order valence-electron chi connectivity index (χ4n) is 0.986. The van der Waals surface area contributed by atoms with E-state index in [1.807, 2.05) is 0 Å². The normalized spacial score (nSPS) is 40.6. The quantitative estimate of drug-likeness (QED) is 0.608. The number of hydrogen-bond acceptors (Lipinski definition) is 1. The monoisotopic (exact) mass is 212 g/mol. The molecule has 1 N–H and O–H groups in total. The maximum Gasteiger partial charge on any atom is 0.378 e. The number of halogens is 7. The van der Waals surface area contributed by atoms with Gasteiger partial charge in [-0.3, -0.25) is 0 Å². The molecular formula is C5H3F7O. The third-order valence-corrected chi connectivity index (χ3v) is 1.79. The van der Waals surface area contributed by atoms with Gasteiger partial charge in [0.05, 0.1) is 6.42 Å². The number of aliphatic hydroxyl groups is 1. The second-order valence-corrected chi connectivity index (χ2v) is 2.79. The molecule has 0 heterocycles. The summed E-state index contributed by atoms with van der Waals surface area (Å²) in [6, 6.07) is 0. The van der Waals surface area contributed by atoms with Crippen molar-refractivity contribution in [1.82, 2.24) is 0 Å². The Bertz CT molecular complexity index is 209. The Morgan fingerprint density at radius 1 is 0.769 bits per heavy atom. The van der Waals surface area contributed by atoms with Crippen LogP contribution in [0.1, 0.15) is 6.42 Å². The van der Waals surface area contributed by atoms with Crippen LogP contribution in [-0.4, -0.2) is 28.7 Å². The van der Waals surface area contributed by atoms with Crippen LogP contribution in [-0.2, 0) is 0 Å². The van der Waals surface area contributed by atoms with Crippen LogP contribution < -0.4 is 0 Å². The highest BCUT2D eigenvalue weighted by atomic mass is 19.3. The first-order valence-electron chi connectivity index (χ1n) is 3.00. The zero-order valence-corrected chi connectivity index (χ0v) is 5.80. The second-order valence-electron chi connectivity index (χ2n) is 2.79. The van der Waals surface area contributed by atoms with Gasteiger partial charge in [-0.2, -0.15) is 26.3 Å². The molecule has 1 fully saturated rings. The molecule has 78 valence electrons. The van der Waals surface area contributed by atoms with Crippen molar-refractivity contribution >= 4 is 0 Å². The topological polar surface area (TPSA) is 20.2 Å². The van der Waals surface area contributed by atoms with Crippen LogP contribution in [0.2, 0.25) is 0 Å². The molecule has 0 aliphatic heterocycles. The lowest BCUT2D eigenvalue weighted by Gasteiger charge is -2.24. The van der Waals surface area contributed by atoms with Gasteiger partial charge in [0.1, 0.15) is 0 Å². The van der Waals surface area contributed by atoms with E-state index in [1.165, 1.54) is 0 Å². The van der Waals surface area contributed by atoms with Crippen molar-refractivity contribution in [2.75, 3.05) is 0 Å². The summed E-state index contributed by atoms with van der Waals surface area (Å²) in [5.74, 6) is -21.8. The van der Waals surface area contributed by atoms with Crippen molar-refractivity contribution in [3.8, 4) is 0 Å². The molecule has 8 heteroatoms. The number of alkyl halides is 7. The lowest BCUT2D eigenvalue weighted by atomic mass is 10.2. The van der Waals surface area contributed by atoms with E-state index < -0.39 is 30.0 Å². The van der Waals surface area contributed by atoms with Gasteiger partial charge < -0.3 is 5.11 Å². The van der Waals surface area contributed by atoms with Crippen LogP contribution >= 0.6 is 0 Å². The highest BCUT2D eigenvalue weighted by molar-refractivity contribution is 5.12. The van der Waals surface area contributed by atoms with Gasteiger partial charge in [0, 0.05) is 0 Å². The Balaban J connectivity index is 3.24. The van der Waals surface area contributed by atoms with Crippen LogP contribution in [0.3, 0.4) is 0 Å². The van der Waals surface area contributed by atoms with Crippen LogP contribution in [0.5, 0.6) is 0 Å². The van der Waals surface area contributed by atoms with E-state index in [0.29, 0.717) is 0 Å². The van der Waals surface area contributed by atoms with Gasteiger partial charge in [0.2, 0.25) is 0 Å². The minimum Gasteiger partial charge on any atom is -0.357 e. The minimum absolute atomic E-state index is 2.61. The molecule has 0 aromatic heterocycles. The molecule has 0 aromatic rings. The van der Waals surface area contributed by atoms with Gasteiger partial charge in [-0.25, -0.2) is 4.39 Å². The maximum atomic E-state index is 12.2. The maximum absolute atomic E-state index is 12.2. The summed E-state index contributed by atoms with van der Waals surface area (Å²) >= 11 is 0. The largest absolute Gasteiger partial charge is 0.378 e. The molecule has 1 atom stereocenters. The van der Waals surface area contributed by atoms with Crippen molar-refractivity contribution in [3.63, 3.8) is 0 Å². The smallest absolute Gasteiger partial charge is 0.357 e. The average molecular weight is 212 g/mol. The van der Waals surface area contributed by atoms with Gasteiger partial charge in [-0.1, -0.05) is 0 Å². The summed E-state index contributed by atoms with van der Waals surface area (Å²) < 4.78 is 84.9. The molecule has 0 saturated heterocycles. The van der Waals surface area contributed by atoms with Crippen LogP contribution in [0.4, 0.5) is 30.7 Å². The number of rotatable bonds is 0. The van der Waals surface area contributed by atoms with E-state index in [0.717, 1.165) is 0 Å². The first-order valence-corrected chi connectivity index (χ1v) is 3.00. The molecule has 0 amide bonds. The highest BCUT2D eigenvalue weighted by Crippen LogP contribution is 2.61. The molecule has 13 heavy (non-hydrogen) atoms. The Kier molecular flexibility index (Phi) is 1.70. The molecule has 0 bridgehead atoms. The summed E-state index contributed by atoms with van der Waals surface area (Å²) in [4.78, 5) is 0. The summed E-state index contributed by atoms with van der Waals surface area (Å²) in [7, 11) is 0. The molecule has 0 radical (unpaired) electrons. The van der Waals surface area contributed by atoms with E-state index in [2.05, 4.69) is 0 Å². The fraction of sp³-hybridized carbons (Fsp3) is 1.00. The third kappa shape index (κ3) is 0.976. The predicted molar refractivity (Wildman–Crippen MR) is 25.5 cm³/mol. The van der Waals surface area contributed by atoms with Gasteiger partial charge in [0.15, 0.2) is 0 Å². The van der Waals surface area contributed by atoms with Crippen molar-refractivity contribution in [2.24, 2.45) is 0 Å². The van der Waals surface area contributed by atoms with E-state index >= 15 is 0 Å². The molecule has 1 rings (SSSR count). The van der Waals surface area contributed by atoms with Gasteiger partial charge in [-0.05, 0) is 0 Å².